The number of carbonyl (C=O) groups is 1. The van der Waals surface area contributed by atoms with Crippen LogP contribution in [0, 0.1) is 0 Å². The van der Waals surface area contributed by atoms with Crippen LogP contribution in [0.1, 0.15) is 22.8 Å². The molecule has 0 aliphatic carbocycles. The fraction of sp³-hybridized carbons (Fsp3) is 0.278. The van der Waals surface area contributed by atoms with Crippen molar-refractivity contribution >= 4 is 22.8 Å². The first-order valence-corrected chi connectivity index (χ1v) is 8.89. The van der Waals surface area contributed by atoms with Crippen molar-refractivity contribution in [1.29, 1.82) is 0 Å². The van der Waals surface area contributed by atoms with Crippen molar-refractivity contribution in [3.8, 4) is 5.88 Å². The highest BCUT2D eigenvalue weighted by Gasteiger charge is 2.28. The molecule has 0 radical (unpaired) electrons. The number of ether oxygens (including phenoxy) is 1. The SMILES string of the molecule is CCOc1ncccc1C(=O)N1CCSC1=NCc1ccccc1. The molecule has 1 amide bonds. The lowest BCUT2D eigenvalue weighted by atomic mass is 10.2. The van der Waals surface area contributed by atoms with E-state index in [1.807, 2.05) is 37.3 Å². The molecule has 2 heterocycles. The van der Waals surface area contributed by atoms with Crippen molar-refractivity contribution < 1.29 is 9.53 Å². The van der Waals surface area contributed by atoms with Crippen molar-refractivity contribution in [3.05, 3.63) is 59.8 Å². The van der Waals surface area contributed by atoms with Gasteiger partial charge in [0.2, 0.25) is 5.88 Å². The van der Waals surface area contributed by atoms with E-state index in [9.17, 15) is 4.79 Å². The van der Waals surface area contributed by atoms with Crippen molar-refractivity contribution in [2.45, 2.75) is 13.5 Å². The fourth-order valence-corrected chi connectivity index (χ4v) is 3.36. The van der Waals surface area contributed by atoms with E-state index in [-0.39, 0.29) is 5.91 Å². The molecule has 0 atom stereocenters. The van der Waals surface area contributed by atoms with Crippen molar-refractivity contribution in [3.63, 3.8) is 0 Å². The van der Waals surface area contributed by atoms with Crippen LogP contribution < -0.4 is 4.74 Å². The number of amides is 1. The molecule has 3 rings (SSSR count). The highest BCUT2D eigenvalue weighted by molar-refractivity contribution is 8.14. The first-order chi connectivity index (χ1) is 11.8. The Morgan fingerprint density at radius 2 is 2.12 bits per heavy atom. The molecule has 6 heteroatoms. The van der Waals surface area contributed by atoms with Crippen molar-refractivity contribution in [1.82, 2.24) is 9.88 Å². The monoisotopic (exact) mass is 341 g/mol. The Kier molecular flexibility index (Phi) is 5.48. The Morgan fingerprint density at radius 3 is 2.92 bits per heavy atom. The number of aliphatic imine (C=N–C) groups is 1. The van der Waals surface area contributed by atoms with Gasteiger partial charge < -0.3 is 4.74 Å². The standard InChI is InChI=1S/C18H19N3O2S/c1-2-23-16-15(9-6-10-19-16)17(22)21-11-12-24-18(21)20-13-14-7-4-3-5-8-14/h3-10H,2,11-13H2,1H3. The molecule has 1 aromatic heterocycles. The van der Waals surface area contributed by atoms with Crippen molar-refractivity contribution in [2.24, 2.45) is 4.99 Å². The summed E-state index contributed by atoms with van der Waals surface area (Å²) < 4.78 is 5.48. The first kappa shape index (κ1) is 16.5. The third kappa shape index (κ3) is 3.76. The highest BCUT2D eigenvalue weighted by Crippen LogP contribution is 2.24. The molecule has 0 unspecified atom stereocenters. The predicted molar refractivity (Wildman–Crippen MR) is 96.5 cm³/mol. The van der Waals surface area contributed by atoms with E-state index < -0.39 is 0 Å². The Bertz CT molecular complexity index is 734. The molecule has 1 saturated heterocycles. The summed E-state index contributed by atoms with van der Waals surface area (Å²) in [6.45, 7) is 3.57. The second-order valence-corrected chi connectivity index (χ2v) is 6.24. The van der Waals surface area contributed by atoms with Gasteiger partial charge in [-0.2, -0.15) is 0 Å². The molecule has 5 nitrogen and oxygen atoms in total. The minimum absolute atomic E-state index is 0.108. The van der Waals surface area contributed by atoms with Gasteiger partial charge in [-0.3, -0.25) is 14.7 Å². The van der Waals surface area contributed by atoms with Crippen LogP contribution in [0.4, 0.5) is 0 Å². The quantitative estimate of drug-likeness (QED) is 0.838. The third-order valence-corrected chi connectivity index (χ3v) is 4.54. The summed E-state index contributed by atoms with van der Waals surface area (Å²) in [6.07, 6.45) is 1.63. The van der Waals surface area contributed by atoms with Crippen LogP contribution in [0.5, 0.6) is 5.88 Å². The van der Waals surface area contributed by atoms with Gasteiger partial charge in [0.25, 0.3) is 5.91 Å². The minimum Gasteiger partial charge on any atom is -0.477 e. The van der Waals surface area contributed by atoms with Crippen LogP contribution in [0.3, 0.4) is 0 Å². The van der Waals surface area contributed by atoms with Gasteiger partial charge in [0, 0.05) is 18.5 Å². The van der Waals surface area contributed by atoms with E-state index in [0.29, 0.717) is 31.1 Å². The zero-order valence-corrected chi connectivity index (χ0v) is 14.3. The normalized spacial score (nSPS) is 15.7. The van der Waals surface area contributed by atoms with Gasteiger partial charge in [0.1, 0.15) is 5.56 Å². The number of hydrogen-bond acceptors (Lipinski definition) is 5. The second-order valence-electron chi connectivity index (χ2n) is 5.18. The molecule has 1 aliphatic heterocycles. The lowest BCUT2D eigenvalue weighted by molar-refractivity contribution is 0.0854. The van der Waals surface area contributed by atoms with E-state index in [4.69, 9.17) is 4.74 Å². The molecule has 0 saturated carbocycles. The average molecular weight is 341 g/mol. The number of hydrogen-bond donors (Lipinski definition) is 0. The Balaban J connectivity index is 1.79. The molecule has 1 fully saturated rings. The molecule has 24 heavy (non-hydrogen) atoms. The van der Waals surface area contributed by atoms with Crippen LogP contribution in [-0.4, -0.2) is 39.9 Å². The van der Waals surface area contributed by atoms with Gasteiger partial charge in [-0.05, 0) is 24.6 Å². The number of aromatic nitrogens is 1. The highest BCUT2D eigenvalue weighted by atomic mass is 32.2. The summed E-state index contributed by atoms with van der Waals surface area (Å²) >= 11 is 1.61. The number of pyridine rings is 1. The zero-order chi connectivity index (χ0) is 16.8. The minimum atomic E-state index is -0.108. The number of thioether (sulfide) groups is 1. The second kappa shape index (κ2) is 7.97. The van der Waals surface area contributed by atoms with E-state index in [2.05, 4.69) is 9.98 Å². The molecular formula is C18H19N3O2S. The molecular weight excluding hydrogens is 322 g/mol. The summed E-state index contributed by atoms with van der Waals surface area (Å²) in [5, 5.41) is 0.759. The molecule has 1 aliphatic rings. The average Bonchev–Trinajstić information content (AvgIpc) is 3.10. The van der Waals surface area contributed by atoms with E-state index in [1.54, 1.807) is 35.0 Å². The fourth-order valence-electron chi connectivity index (χ4n) is 2.41. The maximum absolute atomic E-state index is 12.9. The number of rotatable bonds is 5. The van der Waals surface area contributed by atoms with E-state index in [1.165, 1.54) is 0 Å². The van der Waals surface area contributed by atoms with Crippen molar-refractivity contribution in [2.75, 3.05) is 18.9 Å². The Morgan fingerprint density at radius 1 is 1.29 bits per heavy atom. The van der Waals surface area contributed by atoms with E-state index >= 15 is 0 Å². The van der Waals surface area contributed by atoms with Crippen LogP contribution in [0.2, 0.25) is 0 Å². The van der Waals surface area contributed by atoms with Gasteiger partial charge in [0.15, 0.2) is 5.17 Å². The maximum atomic E-state index is 12.9. The number of amidine groups is 1. The van der Waals surface area contributed by atoms with Gasteiger partial charge >= 0.3 is 0 Å². The lowest BCUT2D eigenvalue weighted by Gasteiger charge is -2.17. The first-order valence-electron chi connectivity index (χ1n) is 7.90. The van der Waals surface area contributed by atoms with Crippen LogP contribution in [0.15, 0.2) is 53.7 Å². The Labute approximate surface area is 145 Å². The summed E-state index contributed by atoms with van der Waals surface area (Å²) in [5.74, 6) is 1.12. The van der Waals surface area contributed by atoms with Gasteiger partial charge in [-0.1, -0.05) is 42.1 Å². The molecule has 2 aromatic rings. The summed E-state index contributed by atoms with van der Waals surface area (Å²) in [6, 6.07) is 13.5. The maximum Gasteiger partial charge on any atom is 0.265 e. The number of nitrogens with zero attached hydrogens (tertiary/aromatic N) is 3. The lowest BCUT2D eigenvalue weighted by Crippen LogP contribution is -2.32. The molecule has 1 aromatic carbocycles. The Hall–Kier alpha value is -2.34. The van der Waals surface area contributed by atoms with E-state index in [0.717, 1.165) is 16.5 Å². The summed E-state index contributed by atoms with van der Waals surface area (Å²) in [5.41, 5.74) is 1.61. The summed E-state index contributed by atoms with van der Waals surface area (Å²) in [7, 11) is 0. The molecule has 0 bridgehead atoms. The smallest absolute Gasteiger partial charge is 0.265 e. The number of carbonyl (C=O) groups excluding carboxylic acids is 1. The number of benzene rings is 1. The molecule has 124 valence electrons. The van der Waals surface area contributed by atoms with Crippen LogP contribution >= 0.6 is 11.8 Å². The van der Waals surface area contributed by atoms with Gasteiger partial charge in [-0.25, -0.2) is 4.98 Å². The molecule has 0 spiro atoms. The predicted octanol–water partition coefficient (Wildman–Crippen LogP) is 3.23. The van der Waals surface area contributed by atoms with Crippen LogP contribution in [-0.2, 0) is 6.54 Å². The van der Waals surface area contributed by atoms with Crippen LogP contribution in [0.25, 0.3) is 0 Å². The van der Waals surface area contributed by atoms with Gasteiger partial charge in [0.05, 0.1) is 13.2 Å². The topological polar surface area (TPSA) is 54.8 Å². The summed E-state index contributed by atoms with van der Waals surface area (Å²) in [4.78, 5) is 23.4. The third-order valence-electron chi connectivity index (χ3n) is 3.54. The zero-order valence-electron chi connectivity index (χ0n) is 13.5. The largest absolute Gasteiger partial charge is 0.477 e. The van der Waals surface area contributed by atoms with Gasteiger partial charge in [-0.15, -0.1) is 0 Å². The molecule has 0 N–H and O–H groups in total.